The maximum Gasteiger partial charge on any atom is 0.431 e. The second kappa shape index (κ2) is 10.4. The Morgan fingerprint density at radius 3 is 2.55 bits per heavy atom. The van der Waals surface area contributed by atoms with Gasteiger partial charge in [0.05, 0.1) is 0 Å². The van der Waals surface area contributed by atoms with Crippen molar-refractivity contribution in [2.24, 2.45) is 5.10 Å². The van der Waals surface area contributed by atoms with Crippen LogP contribution in [-0.2, 0) is 4.79 Å². The van der Waals surface area contributed by atoms with Gasteiger partial charge in [-0.1, -0.05) is 6.42 Å². The van der Waals surface area contributed by atoms with Gasteiger partial charge in [0.25, 0.3) is 5.91 Å². The summed E-state index contributed by atoms with van der Waals surface area (Å²) >= 11 is 2.96. The molecule has 0 spiro atoms. The van der Waals surface area contributed by atoms with Gasteiger partial charge in [-0.2, -0.15) is 18.3 Å². The van der Waals surface area contributed by atoms with E-state index in [1.165, 1.54) is 22.7 Å². The average Bonchev–Trinajstić information content (AvgIpc) is 3.24. The highest BCUT2D eigenvalue weighted by molar-refractivity contribution is 7.20. The van der Waals surface area contributed by atoms with E-state index in [2.05, 4.69) is 15.1 Å². The minimum Gasteiger partial charge on any atom is -0.386 e. The molecule has 2 N–H and O–H groups in total. The van der Waals surface area contributed by atoms with Crippen molar-refractivity contribution in [2.45, 2.75) is 57.0 Å². The highest BCUT2D eigenvalue weighted by Crippen LogP contribution is 2.46. The van der Waals surface area contributed by atoms with Gasteiger partial charge in [0.15, 0.2) is 15.8 Å². The number of hydrogen-bond acceptors (Lipinski definition) is 8. The fourth-order valence-corrected chi connectivity index (χ4v) is 4.81. The summed E-state index contributed by atoms with van der Waals surface area (Å²) in [4.78, 5) is 33.3. The monoisotopic (exact) mass is 474 g/mol. The van der Waals surface area contributed by atoms with Gasteiger partial charge >= 0.3 is 6.18 Å². The summed E-state index contributed by atoms with van der Waals surface area (Å²) in [6.45, 7) is -0.944. The predicted octanol–water partition coefficient (Wildman–Crippen LogP) is 4.30. The van der Waals surface area contributed by atoms with Gasteiger partial charge in [-0.05, 0) is 38.0 Å². The van der Waals surface area contributed by atoms with E-state index in [9.17, 15) is 22.8 Å². The van der Waals surface area contributed by atoms with E-state index in [0.717, 1.165) is 27.7 Å². The standard InChI is InChI=1S/C19H21F3N4O3S2/c20-19(21,22)13(25-26-14(29)10-27)5-3-1-2-4-12(28)15-16(11-6-7-11)31-18(24-15)17-23-8-9-30-17/h8-9,11,27H,1-7,10H2,(H,26,29)/b25-13-. The van der Waals surface area contributed by atoms with Crippen molar-refractivity contribution in [1.82, 2.24) is 15.4 Å². The Hall–Kier alpha value is -2.18. The second-order valence-corrected chi connectivity index (χ2v) is 9.00. The third-order valence-electron chi connectivity index (χ3n) is 4.58. The first kappa shape index (κ1) is 23.5. The minimum atomic E-state index is -4.68. The lowest BCUT2D eigenvalue weighted by atomic mass is 10.1. The lowest BCUT2D eigenvalue weighted by molar-refractivity contribution is -0.123. The Morgan fingerprint density at radius 2 is 1.94 bits per heavy atom. The Kier molecular flexibility index (Phi) is 7.89. The number of aromatic nitrogens is 2. The molecule has 0 bridgehead atoms. The van der Waals surface area contributed by atoms with E-state index in [-0.39, 0.29) is 25.0 Å². The van der Waals surface area contributed by atoms with Crippen LogP contribution in [0.3, 0.4) is 0 Å². The molecule has 1 amide bonds. The maximum absolute atomic E-state index is 13.0. The number of nitrogens with zero attached hydrogens (tertiary/aromatic N) is 3. The molecule has 0 atom stereocenters. The number of carbonyl (C=O) groups excluding carboxylic acids is 2. The normalized spacial score (nSPS) is 14.6. The van der Waals surface area contributed by atoms with Crippen molar-refractivity contribution in [1.29, 1.82) is 0 Å². The summed E-state index contributed by atoms with van der Waals surface area (Å²) in [6.07, 6.45) is -0.103. The molecule has 168 valence electrons. The summed E-state index contributed by atoms with van der Waals surface area (Å²) in [5.41, 5.74) is 1.02. The first-order valence-corrected chi connectivity index (χ1v) is 11.5. The van der Waals surface area contributed by atoms with Crippen LogP contribution in [-0.4, -0.2) is 45.3 Å². The topological polar surface area (TPSA) is 105 Å². The summed E-state index contributed by atoms with van der Waals surface area (Å²) < 4.78 is 38.9. The molecule has 0 aromatic carbocycles. The second-order valence-electron chi connectivity index (χ2n) is 7.08. The van der Waals surface area contributed by atoms with E-state index in [4.69, 9.17) is 5.11 Å². The van der Waals surface area contributed by atoms with Crippen molar-refractivity contribution in [3.05, 3.63) is 22.1 Å². The van der Waals surface area contributed by atoms with E-state index < -0.39 is 24.4 Å². The van der Waals surface area contributed by atoms with E-state index in [0.29, 0.717) is 24.5 Å². The molecule has 1 saturated carbocycles. The van der Waals surface area contributed by atoms with Crippen LogP contribution in [0.15, 0.2) is 16.7 Å². The molecule has 1 aliphatic rings. The van der Waals surface area contributed by atoms with E-state index in [1.807, 2.05) is 5.38 Å². The number of aliphatic hydroxyl groups excluding tert-OH is 1. The van der Waals surface area contributed by atoms with Crippen molar-refractivity contribution >= 4 is 40.1 Å². The number of Topliss-reactive ketones (excluding diaryl/α,β-unsaturated/α-hetero) is 1. The zero-order chi connectivity index (χ0) is 22.4. The number of thiazole rings is 2. The fourth-order valence-electron chi connectivity index (χ4n) is 2.87. The van der Waals surface area contributed by atoms with Crippen LogP contribution in [0.25, 0.3) is 10.0 Å². The van der Waals surface area contributed by atoms with Crippen LogP contribution < -0.4 is 5.43 Å². The average molecular weight is 475 g/mol. The number of aliphatic hydroxyl groups is 1. The molecular formula is C19H21F3N4O3S2. The number of ketones is 1. The van der Waals surface area contributed by atoms with Crippen LogP contribution >= 0.6 is 22.7 Å². The maximum atomic E-state index is 13.0. The summed E-state index contributed by atoms with van der Waals surface area (Å²) in [7, 11) is 0. The summed E-state index contributed by atoms with van der Waals surface area (Å²) in [5, 5.41) is 15.0. The number of hydrogen-bond donors (Lipinski definition) is 2. The van der Waals surface area contributed by atoms with E-state index in [1.54, 1.807) is 11.6 Å². The van der Waals surface area contributed by atoms with Gasteiger partial charge in [-0.25, -0.2) is 15.4 Å². The quantitative estimate of drug-likeness (QED) is 0.219. The molecule has 3 rings (SSSR count). The van der Waals surface area contributed by atoms with Crippen molar-refractivity contribution in [2.75, 3.05) is 6.61 Å². The Labute approximate surface area is 184 Å². The predicted molar refractivity (Wildman–Crippen MR) is 111 cm³/mol. The molecule has 0 saturated heterocycles. The third kappa shape index (κ3) is 6.65. The molecule has 12 heteroatoms. The molecule has 1 fully saturated rings. The summed E-state index contributed by atoms with van der Waals surface area (Å²) in [6, 6.07) is 0. The molecule has 0 radical (unpaired) electrons. The highest BCUT2D eigenvalue weighted by atomic mass is 32.1. The van der Waals surface area contributed by atoms with Crippen LogP contribution in [0, 0.1) is 0 Å². The number of nitrogens with one attached hydrogen (secondary N) is 1. The first-order chi connectivity index (χ1) is 14.8. The number of carbonyl (C=O) groups is 2. The number of halogens is 3. The number of unbranched alkanes of at least 4 members (excludes halogenated alkanes) is 2. The zero-order valence-corrected chi connectivity index (χ0v) is 18.1. The lowest BCUT2D eigenvalue weighted by Crippen LogP contribution is -2.29. The zero-order valence-electron chi connectivity index (χ0n) is 16.4. The fraction of sp³-hybridized carbons (Fsp3) is 0.526. The number of amides is 1. The van der Waals surface area contributed by atoms with Crippen molar-refractivity contribution in [3.8, 4) is 10.0 Å². The highest BCUT2D eigenvalue weighted by Gasteiger charge is 2.35. The van der Waals surface area contributed by atoms with Crippen LogP contribution in [0.4, 0.5) is 13.2 Å². The number of hydrazone groups is 1. The molecule has 0 unspecified atom stereocenters. The summed E-state index contributed by atoms with van der Waals surface area (Å²) in [5.74, 6) is -0.745. The van der Waals surface area contributed by atoms with Gasteiger partial charge in [0, 0.05) is 22.9 Å². The molecule has 1 aliphatic carbocycles. The molecule has 0 aliphatic heterocycles. The van der Waals surface area contributed by atoms with Gasteiger partial charge < -0.3 is 5.11 Å². The van der Waals surface area contributed by atoms with Gasteiger partial charge in [-0.15, -0.1) is 22.7 Å². The van der Waals surface area contributed by atoms with Crippen LogP contribution in [0.2, 0.25) is 0 Å². The lowest BCUT2D eigenvalue weighted by Gasteiger charge is -2.10. The Balaban J connectivity index is 1.52. The Bertz CT molecular complexity index is 938. The van der Waals surface area contributed by atoms with Gasteiger partial charge in [0.1, 0.15) is 18.0 Å². The van der Waals surface area contributed by atoms with Gasteiger partial charge in [-0.3, -0.25) is 9.59 Å². The smallest absolute Gasteiger partial charge is 0.386 e. The van der Waals surface area contributed by atoms with Crippen molar-refractivity contribution in [3.63, 3.8) is 0 Å². The van der Waals surface area contributed by atoms with Crippen LogP contribution in [0.1, 0.15) is 66.2 Å². The molecular weight excluding hydrogens is 453 g/mol. The van der Waals surface area contributed by atoms with Gasteiger partial charge in [0.2, 0.25) is 0 Å². The number of rotatable bonds is 11. The molecule has 2 heterocycles. The minimum absolute atomic E-state index is 0.0964. The largest absolute Gasteiger partial charge is 0.431 e. The molecule has 2 aromatic heterocycles. The van der Waals surface area contributed by atoms with Crippen LogP contribution in [0.5, 0.6) is 0 Å². The Morgan fingerprint density at radius 1 is 1.19 bits per heavy atom. The molecule has 31 heavy (non-hydrogen) atoms. The molecule has 7 nitrogen and oxygen atoms in total. The van der Waals surface area contributed by atoms with Crippen molar-refractivity contribution < 1.29 is 27.9 Å². The number of alkyl halides is 3. The SMILES string of the molecule is O=C(CO)N/N=C(/CCCCCC(=O)c1nc(-c2nccs2)sc1C1CC1)C(F)(F)F. The third-order valence-corrected chi connectivity index (χ3v) is 6.72. The van der Waals surface area contributed by atoms with E-state index >= 15 is 0 Å². The molecule has 2 aromatic rings. The first-order valence-electron chi connectivity index (χ1n) is 9.76.